The molecule has 13 N–H and O–H groups in total. The van der Waals surface area contributed by atoms with Gasteiger partial charge in [0.15, 0.2) is 5.96 Å². The summed E-state index contributed by atoms with van der Waals surface area (Å²) in [6.07, 6.45) is -1.50. The summed E-state index contributed by atoms with van der Waals surface area (Å²) >= 11 is 0. The molecule has 0 aliphatic heterocycles. The maximum absolute atomic E-state index is 12.7. The lowest BCUT2D eigenvalue weighted by Gasteiger charge is -2.26. The predicted molar refractivity (Wildman–Crippen MR) is 122 cm³/mol. The number of hydrogen-bond acceptors (Lipinski definition) is 8. The van der Waals surface area contributed by atoms with Gasteiger partial charge in [0, 0.05) is 6.54 Å². The molecule has 0 aromatic carbocycles. The Kier molecular flexibility index (Phi) is 13.2. The summed E-state index contributed by atoms with van der Waals surface area (Å²) in [6.45, 7) is 4.57. The summed E-state index contributed by atoms with van der Waals surface area (Å²) in [4.78, 5) is 64.1. The molecule has 0 aliphatic rings. The number of nitrogens with zero attached hydrogens (tertiary/aromatic N) is 1. The van der Waals surface area contributed by atoms with Crippen molar-refractivity contribution in [1.82, 2.24) is 16.0 Å². The molecule has 0 heterocycles. The van der Waals surface area contributed by atoms with Gasteiger partial charge in [-0.2, -0.15) is 0 Å². The number of amides is 4. The van der Waals surface area contributed by atoms with E-state index < -0.39 is 72.2 Å². The zero-order valence-corrected chi connectivity index (χ0v) is 19.5. The Morgan fingerprint density at radius 2 is 1.44 bits per heavy atom. The van der Waals surface area contributed by atoms with Crippen LogP contribution in [0.3, 0.4) is 0 Å². The molecule has 0 fully saturated rings. The lowest BCUT2D eigenvalue weighted by Crippen LogP contribution is -2.60. The maximum atomic E-state index is 12.7. The number of aliphatic hydroxyl groups is 1. The second-order valence-electron chi connectivity index (χ2n) is 8.08. The number of aliphatic carboxylic acids is 1. The molecule has 15 heteroatoms. The van der Waals surface area contributed by atoms with Crippen LogP contribution in [-0.2, 0) is 24.0 Å². The van der Waals surface area contributed by atoms with E-state index in [1.165, 1.54) is 6.92 Å². The van der Waals surface area contributed by atoms with E-state index in [1.54, 1.807) is 13.8 Å². The molecule has 34 heavy (non-hydrogen) atoms. The third kappa shape index (κ3) is 11.4. The molecule has 0 radical (unpaired) electrons. The first-order chi connectivity index (χ1) is 15.7. The number of aliphatic hydroxyl groups excluding tert-OH is 1. The van der Waals surface area contributed by atoms with Crippen LogP contribution in [0.2, 0.25) is 0 Å². The highest BCUT2D eigenvalue weighted by atomic mass is 16.4. The number of hydrogen-bond donors (Lipinski definition) is 9. The first kappa shape index (κ1) is 30.5. The highest BCUT2D eigenvalue weighted by Crippen LogP contribution is 2.05. The molecule has 0 aromatic heterocycles. The molecule has 15 nitrogen and oxygen atoms in total. The minimum Gasteiger partial charge on any atom is -0.480 e. The minimum absolute atomic E-state index is 0.110. The van der Waals surface area contributed by atoms with Gasteiger partial charge in [-0.05, 0) is 25.7 Å². The molecule has 0 aromatic rings. The van der Waals surface area contributed by atoms with E-state index in [0.717, 1.165) is 0 Å². The Hall–Kier alpha value is -3.46. The van der Waals surface area contributed by atoms with Gasteiger partial charge in [-0.25, -0.2) is 4.79 Å². The summed E-state index contributed by atoms with van der Waals surface area (Å²) < 4.78 is 0. The molecule has 0 aliphatic carbocycles. The number of aliphatic imine (C=N–C) groups is 1. The number of guanidine groups is 1. The summed E-state index contributed by atoms with van der Waals surface area (Å²) in [5, 5.41) is 26.0. The molecular formula is C19H36N8O7. The van der Waals surface area contributed by atoms with Gasteiger partial charge in [-0.1, -0.05) is 13.8 Å². The van der Waals surface area contributed by atoms with Crippen molar-refractivity contribution >= 4 is 35.6 Å². The maximum Gasteiger partial charge on any atom is 0.326 e. The Labute approximate surface area is 197 Å². The number of carboxylic acid groups (broad SMARTS) is 1. The van der Waals surface area contributed by atoms with E-state index in [2.05, 4.69) is 20.9 Å². The highest BCUT2D eigenvalue weighted by Gasteiger charge is 2.33. The molecule has 4 amide bonds. The monoisotopic (exact) mass is 488 g/mol. The Morgan fingerprint density at radius 3 is 1.88 bits per heavy atom. The molecule has 0 spiro atoms. The summed E-state index contributed by atoms with van der Waals surface area (Å²) in [5.41, 5.74) is 21.3. The Balaban J connectivity index is 5.32. The lowest BCUT2D eigenvalue weighted by molar-refractivity contribution is -0.143. The van der Waals surface area contributed by atoms with Gasteiger partial charge in [0.05, 0.1) is 18.6 Å². The molecule has 5 atom stereocenters. The smallest absolute Gasteiger partial charge is 0.326 e. The topological polar surface area (TPSA) is 278 Å². The Bertz CT molecular complexity index is 768. The molecule has 0 bridgehead atoms. The third-order valence-electron chi connectivity index (χ3n) is 4.64. The molecular weight excluding hydrogens is 452 g/mol. The van der Waals surface area contributed by atoms with Crippen LogP contribution in [0.1, 0.15) is 40.0 Å². The van der Waals surface area contributed by atoms with E-state index in [1.807, 2.05) is 0 Å². The summed E-state index contributed by atoms with van der Waals surface area (Å²) in [6, 6.07) is -5.41. The third-order valence-corrected chi connectivity index (χ3v) is 4.64. The van der Waals surface area contributed by atoms with Crippen LogP contribution < -0.4 is 38.9 Å². The van der Waals surface area contributed by atoms with Crippen LogP contribution in [-0.4, -0.2) is 82.6 Å². The molecule has 5 unspecified atom stereocenters. The van der Waals surface area contributed by atoms with Crippen molar-refractivity contribution in [3.8, 4) is 0 Å². The van der Waals surface area contributed by atoms with Crippen molar-refractivity contribution in [3.05, 3.63) is 0 Å². The number of carbonyl (C=O) groups is 5. The quantitative estimate of drug-likeness (QED) is 0.0608. The zero-order valence-electron chi connectivity index (χ0n) is 19.5. The molecule has 0 saturated carbocycles. The van der Waals surface area contributed by atoms with E-state index in [-0.39, 0.29) is 18.9 Å². The van der Waals surface area contributed by atoms with Crippen LogP contribution in [0.25, 0.3) is 0 Å². The number of nitrogens with two attached hydrogens (primary N) is 4. The first-order valence-corrected chi connectivity index (χ1v) is 10.6. The lowest BCUT2D eigenvalue weighted by atomic mass is 10.0. The van der Waals surface area contributed by atoms with Gasteiger partial charge in [0.2, 0.25) is 23.6 Å². The first-order valence-electron chi connectivity index (χ1n) is 10.6. The van der Waals surface area contributed by atoms with E-state index >= 15 is 0 Å². The number of primary amides is 1. The van der Waals surface area contributed by atoms with Crippen molar-refractivity contribution in [2.45, 2.75) is 70.3 Å². The molecule has 0 rings (SSSR count). The van der Waals surface area contributed by atoms with Crippen LogP contribution in [0.5, 0.6) is 0 Å². The average molecular weight is 489 g/mol. The van der Waals surface area contributed by atoms with Crippen LogP contribution in [0, 0.1) is 5.92 Å². The fourth-order valence-corrected chi connectivity index (χ4v) is 2.76. The number of carboxylic acids is 1. The Morgan fingerprint density at radius 1 is 0.882 bits per heavy atom. The predicted octanol–water partition coefficient (Wildman–Crippen LogP) is -4.18. The average Bonchev–Trinajstić information content (AvgIpc) is 2.70. The van der Waals surface area contributed by atoms with Gasteiger partial charge >= 0.3 is 5.97 Å². The SMILES string of the molecule is CC(C)C(NC(=O)C(CC(N)=O)NC(=O)C(NC(=O)C(N)CCCN=C(N)N)C(C)O)C(=O)O. The number of nitrogens with one attached hydrogen (secondary N) is 3. The van der Waals surface area contributed by atoms with E-state index in [9.17, 15) is 34.2 Å². The van der Waals surface area contributed by atoms with Crippen LogP contribution in [0.15, 0.2) is 4.99 Å². The van der Waals surface area contributed by atoms with E-state index in [4.69, 9.17) is 22.9 Å². The van der Waals surface area contributed by atoms with Gasteiger partial charge < -0.3 is 49.1 Å². The largest absolute Gasteiger partial charge is 0.480 e. The van der Waals surface area contributed by atoms with Gasteiger partial charge in [-0.3, -0.25) is 24.2 Å². The van der Waals surface area contributed by atoms with Crippen LogP contribution in [0.4, 0.5) is 0 Å². The van der Waals surface area contributed by atoms with Crippen molar-refractivity contribution in [1.29, 1.82) is 0 Å². The van der Waals surface area contributed by atoms with E-state index in [0.29, 0.717) is 6.42 Å². The minimum atomic E-state index is -1.54. The zero-order chi connectivity index (χ0) is 26.6. The fraction of sp³-hybridized carbons (Fsp3) is 0.684. The number of rotatable bonds is 15. The van der Waals surface area contributed by atoms with Crippen molar-refractivity contribution < 1.29 is 34.2 Å². The van der Waals surface area contributed by atoms with Gasteiger partial charge in [0.25, 0.3) is 0 Å². The second kappa shape index (κ2) is 14.6. The number of carbonyl (C=O) groups excluding carboxylic acids is 4. The van der Waals surface area contributed by atoms with Crippen LogP contribution >= 0.6 is 0 Å². The van der Waals surface area contributed by atoms with Crippen molar-refractivity contribution in [2.24, 2.45) is 33.8 Å². The van der Waals surface area contributed by atoms with Gasteiger partial charge in [0.1, 0.15) is 18.1 Å². The molecule has 0 saturated heterocycles. The summed E-state index contributed by atoms with van der Waals surface area (Å²) in [7, 11) is 0. The standard InChI is InChI=1S/C19H36N8O7/c1-8(2)13(18(33)34)26-16(31)11(7-12(21)29)25-17(32)14(9(3)28)27-15(30)10(20)5-4-6-24-19(22)23/h8-11,13-14,28H,4-7,20H2,1-3H3,(H2,21,29)(H,25,32)(H,26,31)(H,27,30)(H,33,34)(H4,22,23,24). The van der Waals surface area contributed by atoms with Crippen molar-refractivity contribution in [2.75, 3.05) is 6.54 Å². The normalized spacial score (nSPS) is 15.2. The molecule has 194 valence electrons. The van der Waals surface area contributed by atoms with Crippen molar-refractivity contribution in [3.63, 3.8) is 0 Å². The van der Waals surface area contributed by atoms with Gasteiger partial charge in [-0.15, -0.1) is 0 Å². The highest BCUT2D eigenvalue weighted by molar-refractivity contribution is 5.96. The summed E-state index contributed by atoms with van der Waals surface area (Å²) in [5.74, 6) is -5.60. The fourth-order valence-electron chi connectivity index (χ4n) is 2.76. The second-order valence-corrected chi connectivity index (χ2v) is 8.08.